The zero-order valence-electron chi connectivity index (χ0n) is 17.1. The second-order valence-electron chi connectivity index (χ2n) is 7.22. The highest BCUT2D eigenvalue weighted by Crippen LogP contribution is 2.33. The molecule has 0 saturated carbocycles. The fourth-order valence-electron chi connectivity index (χ4n) is 3.31. The van der Waals surface area contributed by atoms with Gasteiger partial charge in [-0.3, -0.25) is 14.3 Å². The number of benzene rings is 2. The summed E-state index contributed by atoms with van der Waals surface area (Å²) in [6.45, 7) is 3.43. The average Bonchev–Trinajstić information content (AvgIpc) is 3.19. The van der Waals surface area contributed by atoms with E-state index < -0.39 is 21.8 Å². The first-order valence-electron chi connectivity index (χ1n) is 9.36. The number of anilines is 2. The van der Waals surface area contributed by atoms with Crippen LogP contribution in [0.1, 0.15) is 31.8 Å². The minimum Gasteiger partial charge on any atom is -0.332 e. The Labute approximate surface area is 209 Å². The van der Waals surface area contributed by atoms with E-state index in [1.165, 1.54) is 18.2 Å². The third-order valence-electron chi connectivity index (χ3n) is 4.87. The zero-order chi connectivity index (χ0) is 24.1. The minimum atomic E-state index is -3.89. The van der Waals surface area contributed by atoms with Crippen LogP contribution in [-0.2, 0) is 10.0 Å². The molecule has 0 fully saturated rings. The molecule has 1 aromatic heterocycles. The summed E-state index contributed by atoms with van der Waals surface area (Å²) in [4.78, 5) is 26.7. The van der Waals surface area contributed by atoms with Gasteiger partial charge in [0.25, 0.3) is 21.8 Å². The van der Waals surface area contributed by atoms with E-state index in [0.29, 0.717) is 31.9 Å². The van der Waals surface area contributed by atoms with Gasteiger partial charge in [-0.2, -0.15) is 0 Å². The van der Waals surface area contributed by atoms with Crippen LogP contribution in [0.5, 0.6) is 0 Å². The lowest BCUT2D eigenvalue weighted by molar-refractivity contribution is 0.0926. The van der Waals surface area contributed by atoms with E-state index in [9.17, 15) is 18.0 Å². The number of hydrogen-bond acceptors (Lipinski definition) is 6. The molecule has 4 rings (SSSR count). The lowest BCUT2D eigenvalue weighted by Gasteiger charge is -2.18. The van der Waals surface area contributed by atoms with Crippen molar-refractivity contribution in [1.82, 2.24) is 4.72 Å². The predicted octanol–water partition coefficient (Wildman–Crippen LogP) is 5.15. The second-order valence-corrected chi connectivity index (χ2v) is 11.6. The monoisotopic (exact) mass is 539 g/mol. The van der Waals surface area contributed by atoms with Crippen molar-refractivity contribution in [2.45, 2.75) is 18.1 Å². The summed E-state index contributed by atoms with van der Waals surface area (Å²) in [5.74, 6) is -0.904. The van der Waals surface area contributed by atoms with Gasteiger partial charge < -0.3 is 5.32 Å². The fraction of sp³-hybridized carbons (Fsp3) is 0.0952. The van der Waals surface area contributed by atoms with Crippen LogP contribution in [0.15, 0.2) is 46.7 Å². The summed E-state index contributed by atoms with van der Waals surface area (Å²) >= 11 is 18.0. The van der Waals surface area contributed by atoms with Crippen molar-refractivity contribution < 1.29 is 18.0 Å². The first-order chi connectivity index (χ1) is 15.5. The van der Waals surface area contributed by atoms with Gasteiger partial charge in [0.1, 0.15) is 4.21 Å². The number of thiophene rings is 1. The summed E-state index contributed by atoms with van der Waals surface area (Å²) in [7, 11) is -3.89. The number of halogens is 2. The van der Waals surface area contributed by atoms with Gasteiger partial charge in [-0.15, -0.1) is 11.3 Å². The molecule has 3 aromatic rings. The van der Waals surface area contributed by atoms with E-state index in [-0.39, 0.29) is 20.4 Å². The highest BCUT2D eigenvalue weighted by Gasteiger charge is 2.37. The van der Waals surface area contributed by atoms with Crippen molar-refractivity contribution in [3.05, 3.63) is 74.1 Å². The van der Waals surface area contributed by atoms with E-state index in [0.717, 1.165) is 16.2 Å². The first kappa shape index (κ1) is 23.7. The predicted molar refractivity (Wildman–Crippen MR) is 134 cm³/mol. The number of hydrogen-bond donors (Lipinski definition) is 2. The number of aryl methyl sites for hydroxylation is 2. The number of amides is 2. The van der Waals surface area contributed by atoms with E-state index in [1.807, 2.05) is 0 Å². The quantitative estimate of drug-likeness (QED) is 0.351. The molecule has 2 heterocycles. The van der Waals surface area contributed by atoms with Crippen LogP contribution in [0.25, 0.3) is 0 Å². The highest BCUT2D eigenvalue weighted by molar-refractivity contribution is 7.93. The Hall–Kier alpha value is -2.50. The van der Waals surface area contributed by atoms with Gasteiger partial charge in [0.15, 0.2) is 5.11 Å². The first-order valence-corrected chi connectivity index (χ1v) is 12.8. The Morgan fingerprint density at radius 2 is 1.67 bits per heavy atom. The van der Waals surface area contributed by atoms with E-state index in [4.69, 9.17) is 35.4 Å². The van der Waals surface area contributed by atoms with Crippen LogP contribution in [0.4, 0.5) is 11.4 Å². The largest absolute Gasteiger partial charge is 0.332 e. The zero-order valence-corrected chi connectivity index (χ0v) is 21.1. The number of sulfonamides is 1. The molecule has 1 aliphatic rings. The van der Waals surface area contributed by atoms with Crippen molar-refractivity contribution in [3.63, 3.8) is 0 Å². The number of nitrogens with one attached hydrogen (secondary N) is 2. The lowest BCUT2D eigenvalue weighted by atomic mass is 10.1. The van der Waals surface area contributed by atoms with Gasteiger partial charge in [-0.1, -0.05) is 23.2 Å². The van der Waals surface area contributed by atoms with Gasteiger partial charge in [0, 0.05) is 10.7 Å². The molecule has 0 saturated heterocycles. The standard InChI is InChI=1S/C21H15Cl2N3O4S3/c1-10-7-13(24-21(31)25-33(29,30)17-8-11(2)18(23)32-17)4-6-16(10)26-19(27)14-5-3-12(22)9-15(14)20(26)28/h3-9H,1-2H3,(H2,24,25,31). The van der Waals surface area contributed by atoms with Crippen molar-refractivity contribution in [2.75, 3.05) is 10.2 Å². The Balaban J connectivity index is 1.52. The summed E-state index contributed by atoms with van der Waals surface area (Å²) < 4.78 is 27.8. The van der Waals surface area contributed by atoms with E-state index in [1.54, 1.807) is 38.1 Å². The van der Waals surface area contributed by atoms with Crippen molar-refractivity contribution in [3.8, 4) is 0 Å². The van der Waals surface area contributed by atoms with E-state index >= 15 is 0 Å². The number of thiocarbonyl (C=S) groups is 1. The number of rotatable bonds is 4. The van der Waals surface area contributed by atoms with Crippen LogP contribution >= 0.6 is 46.8 Å². The van der Waals surface area contributed by atoms with Crippen molar-refractivity contribution in [2.24, 2.45) is 0 Å². The molecule has 170 valence electrons. The van der Waals surface area contributed by atoms with Crippen LogP contribution in [0.3, 0.4) is 0 Å². The van der Waals surface area contributed by atoms with E-state index in [2.05, 4.69) is 10.0 Å². The van der Waals surface area contributed by atoms with Crippen LogP contribution < -0.4 is 14.9 Å². The molecule has 0 bridgehead atoms. The van der Waals surface area contributed by atoms with Crippen molar-refractivity contribution >= 4 is 85.1 Å². The number of fused-ring (bicyclic) bond motifs is 1. The molecule has 2 N–H and O–H groups in total. The molecular weight excluding hydrogens is 525 g/mol. The third kappa shape index (κ3) is 4.49. The maximum atomic E-state index is 12.8. The van der Waals surface area contributed by atoms with Crippen LogP contribution in [0.2, 0.25) is 9.36 Å². The number of imide groups is 1. The molecule has 0 unspecified atom stereocenters. The fourth-order valence-corrected chi connectivity index (χ4v) is 6.54. The van der Waals surface area contributed by atoms with Crippen LogP contribution in [0, 0.1) is 13.8 Å². The molecule has 33 heavy (non-hydrogen) atoms. The van der Waals surface area contributed by atoms with Gasteiger partial charge in [0.2, 0.25) is 0 Å². The Bertz CT molecular complexity index is 1430. The third-order valence-corrected chi connectivity index (χ3v) is 8.82. The maximum Gasteiger partial charge on any atom is 0.273 e. The number of carbonyl (C=O) groups excluding carboxylic acids is 2. The molecule has 2 amide bonds. The molecule has 1 aliphatic heterocycles. The van der Waals surface area contributed by atoms with Crippen LogP contribution in [-0.4, -0.2) is 25.3 Å². The smallest absolute Gasteiger partial charge is 0.273 e. The Morgan fingerprint density at radius 1 is 0.970 bits per heavy atom. The van der Waals surface area contributed by atoms with Gasteiger partial charge in [-0.25, -0.2) is 13.3 Å². The Morgan fingerprint density at radius 3 is 2.30 bits per heavy atom. The molecule has 0 radical (unpaired) electrons. The van der Waals surface area contributed by atoms with Gasteiger partial charge >= 0.3 is 0 Å². The number of nitrogens with zero attached hydrogens (tertiary/aromatic N) is 1. The summed E-state index contributed by atoms with van der Waals surface area (Å²) in [6.07, 6.45) is 0. The average molecular weight is 540 g/mol. The molecule has 2 aromatic carbocycles. The topological polar surface area (TPSA) is 95.6 Å². The number of carbonyl (C=O) groups is 2. The normalized spacial score (nSPS) is 13.3. The SMILES string of the molecule is Cc1cc(NC(=S)NS(=O)(=O)c2cc(C)c(Cl)s2)ccc1N1C(=O)c2ccc(Cl)cc2C1=O. The summed E-state index contributed by atoms with van der Waals surface area (Å²) in [5, 5.41) is 3.03. The molecule has 0 spiro atoms. The minimum absolute atomic E-state index is 0.0476. The lowest BCUT2D eigenvalue weighted by Crippen LogP contribution is -2.34. The van der Waals surface area contributed by atoms with Crippen molar-refractivity contribution in [1.29, 1.82) is 0 Å². The Kier molecular flexibility index (Phi) is 6.23. The molecule has 0 atom stereocenters. The summed E-state index contributed by atoms with van der Waals surface area (Å²) in [5.41, 5.74) is 2.66. The van der Waals surface area contributed by atoms with Gasteiger partial charge in [-0.05, 0) is 79.7 Å². The molecule has 12 heteroatoms. The van der Waals surface area contributed by atoms with Gasteiger partial charge in [0.05, 0.1) is 21.2 Å². The second kappa shape index (κ2) is 8.69. The maximum absolute atomic E-state index is 12.8. The summed E-state index contributed by atoms with van der Waals surface area (Å²) in [6, 6.07) is 10.8. The molecular formula is C21H15Cl2N3O4S3. The highest BCUT2D eigenvalue weighted by atomic mass is 35.5. The molecule has 7 nitrogen and oxygen atoms in total. The molecule has 0 aliphatic carbocycles.